The molecule has 0 fully saturated rings. The number of carboxylic acid groups (broad SMARTS) is 2. The number of hydrogen-bond donors (Lipinski definition) is 5. The number of rotatable bonds is 7. The second kappa shape index (κ2) is 9.81. The van der Waals surface area contributed by atoms with E-state index in [2.05, 4.69) is 0 Å². The Morgan fingerprint density at radius 2 is 1.50 bits per heavy atom. The predicted molar refractivity (Wildman–Crippen MR) is 63.0 cm³/mol. The highest BCUT2D eigenvalue weighted by atomic mass is 16.4. The number of hydrogen-bond acceptors (Lipinski definition) is 5. The Hall–Kier alpha value is -1.18. The van der Waals surface area contributed by atoms with E-state index >= 15 is 0 Å². The summed E-state index contributed by atoms with van der Waals surface area (Å²) in [5, 5.41) is 42.2. The number of carboxylic acids is 2. The standard InChI is InChI=1S/C6H12O4.C5H10O3/c1-2-6(3-7,4-8)5(9)10;1-2-4(3-6)5(7)8/h7-8H,2-4H2,1H3,(H,9,10);4,6H,2-3H2,1H3,(H,7,8). The van der Waals surface area contributed by atoms with Gasteiger partial charge in [-0.15, -0.1) is 0 Å². The molecule has 0 aromatic heterocycles. The fraction of sp³-hybridized carbons (Fsp3) is 0.818. The van der Waals surface area contributed by atoms with Crippen molar-refractivity contribution >= 4 is 11.9 Å². The van der Waals surface area contributed by atoms with Gasteiger partial charge in [-0.1, -0.05) is 13.8 Å². The van der Waals surface area contributed by atoms with Crippen LogP contribution in [-0.4, -0.2) is 57.3 Å². The van der Waals surface area contributed by atoms with Crippen molar-refractivity contribution in [3.63, 3.8) is 0 Å². The molecular weight excluding hydrogens is 244 g/mol. The van der Waals surface area contributed by atoms with E-state index in [0.717, 1.165) is 0 Å². The Morgan fingerprint density at radius 1 is 1.06 bits per heavy atom. The van der Waals surface area contributed by atoms with E-state index in [9.17, 15) is 9.59 Å². The van der Waals surface area contributed by atoms with Crippen molar-refractivity contribution in [3.8, 4) is 0 Å². The lowest BCUT2D eigenvalue weighted by molar-refractivity contribution is -0.154. The molecule has 0 bridgehead atoms. The second-order valence-corrected chi connectivity index (χ2v) is 3.88. The Bertz CT molecular complexity index is 236. The highest BCUT2D eigenvalue weighted by molar-refractivity contribution is 5.74. The minimum atomic E-state index is -1.35. The van der Waals surface area contributed by atoms with Gasteiger partial charge in [-0.25, -0.2) is 0 Å². The van der Waals surface area contributed by atoms with Crippen molar-refractivity contribution < 1.29 is 35.1 Å². The Balaban J connectivity index is 0. The van der Waals surface area contributed by atoms with E-state index in [4.69, 9.17) is 25.5 Å². The van der Waals surface area contributed by atoms with E-state index in [1.807, 2.05) is 0 Å². The third kappa shape index (κ3) is 5.95. The molecule has 0 aliphatic carbocycles. The summed E-state index contributed by atoms with van der Waals surface area (Å²) in [6.45, 7) is 2.05. The van der Waals surface area contributed by atoms with Gasteiger partial charge in [-0.05, 0) is 12.8 Å². The first-order valence-electron chi connectivity index (χ1n) is 5.63. The van der Waals surface area contributed by atoms with Gasteiger partial charge in [-0.2, -0.15) is 0 Å². The highest BCUT2D eigenvalue weighted by Crippen LogP contribution is 2.19. The summed E-state index contributed by atoms with van der Waals surface area (Å²) in [6, 6.07) is 0. The summed E-state index contributed by atoms with van der Waals surface area (Å²) in [5.41, 5.74) is -1.35. The molecule has 0 spiro atoms. The van der Waals surface area contributed by atoms with Crippen LogP contribution in [0.1, 0.15) is 26.7 Å². The Morgan fingerprint density at radius 3 is 1.50 bits per heavy atom. The lowest BCUT2D eigenvalue weighted by Crippen LogP contribution is -2.37. The zero-order valence-electron chi connectivity index (χ0n) is 10.7. The number of aliphatic carboxylic acids is 2. The Labute approximate surface area is 106 Å². The Kier molecular flexibility index (Phi) is 10.4. The van der Waals surface area contributed by atoms with Crippen LogP contribution >= 0.6 is 0 Å². The van der Waals surface area contributed by atoms with Crippen molar-refractivity contribution in [1.82, 2.24) is 0 Å². The van der Waals surface area contributed by atoms with Gasteiger partial charge >= 0.3 is 11.9 Å². The zero-order valence-corrected chi connectivity index (χ0v) is 10.7. The average molecular weight is 266 g/mol. The van der Waals surface area contributed by atoms with Crippen LogP contribution in [0.2, 0.25) is 0 Å². The van der Waals surface area contributed by atoms with Crippen LogP contribution in [-0.2, 0) is 9.59 Å². The summed E-state index contributed by atoms with van der Waals surface area (Å²) in [5.74, 6) is -2.65. The van der Waals surface area contributed by atoms with Crippen molar-refractivity contribution in [1.29, 1.82) is 0 Å². The SMILES string of the molecule is CCC(CO)(CO)C(=O)O.CCC(CO)C(=O)O. The first-order chi connectivity index (χ1) is 8.34. The summed E-state index contributed by atoms with van der Waals surface area (Å²) in [7, 11) is 0. The minimum Gasteiger partial charge on any atom is -0.481 e. The molecule has 5 N–H and O–H groups in total. The maximum absolute atomic E-state index is 10.4. The van der Waals surface area contributed by atoms with Crippen molar-refractivity contribution in [3.05, 3.63) is 0 Å². The first-order valence-corrected chi connectivity index (χ1v) is 5.63. The normalized spacial score (nSPS) is 12.3. The number of aliphatic hydroxyl groups is 3. The maximum atomic E-state index is 10.4. The second-order valence-electron chi connectivity index (χ2n) is 3.88. The van der Waals surface area contributed by atoms with Crippen LogP contribution in [0.4, 0.5) is 0 Å². The molecule has 0 aliphatic heterocycles. The molecular formula is C11H22O7. The zero-order chi connectivity index (χ0) is 14.8. The maximum Gasteiger partial charge on any atom is 0.314 e. The average Bonchev–Trinajstić information content (AvgIpc) is 2.33. The largest absolute Gasteiger partial charge is 0.481 e. The molecule has 0 radical (unpaired) electrons. The van der Waals surface area contributed by atoms with E-state index in [-0.39, 0.29) is 13.0 Å². The fourth-order valence-electron chi connectivity index (χ4n) is 0.942. The molecule has 0 saturated carbocycles. The first kappa shape index (κ1) is 19.2. The highest BCUT2D eigenvalue weighted by Gasteiger charge is 2.35. The third-order valence-corrected chi connectivity index (χ3v) is 2.80. The quantitative estimate of drug-likeness (QED) is 0.420. The summed E-state index contributed by atoms with van der Waals surface area (Å²) < 4.78 is 0. The number of aliphatic hydroxyl groups excluding tert-OH is 3. The molecule has 0 aromatic rings. The third-order valence-electron chi connectivity index (χ3n) is 2.80. The van der Waals surface area contributed by atoms with E-state index in [0.29, 0.717) is 6.42 Å². The molecule has 1 unspecified atom stereocenters. The van der Waals surface area contributed by atoms with Crippen LogP contribution in [0.25, 0.3) is 0 Å². The predicted octanol–water partition coefficient (Wildman–Crippen LogP) is -0.459. The van der Waals surface area contributed by atoms with E-state index < -0.39 is 36.5 Å². The van der Waals surface area contributed by atoms with Crippen LogP contribution in [0.5, 0.6) is 0 Å². The van der Waals surface area contributed by atoms with Crippen molar-refractivity contribution in [2.24, 2.45) is 11.3 Å². The van der Waals surface area contributed by atoms with E-state index in [1.54, 1.807) is 13.8 Å². The molecule has 0 aromatic carbocycles. The molecule has 0 aliphatic rings. The van der Waals surface area contributed by atoms with Gasteiger partial charge in [-0.3, -0.25) is 9.59 Å². The molecule has 7 heteroatoms. The monoisotopic (exact) mass is 266 g/mol. The summed E-state index contributed by atoms with van der Waals surface area (Å²) >= 11 is 0. The topological polar surface area (TPSA) is 135 Å². The molecule has 1 atom stereocenters. The van der Waals surface area contributed by atoms with Gasteiger partial charge in [0, 0.05) is 0 Å². The minimum absolute atomic E-state index is 0.231. The molecule has 108 valence electrons. The van der Waals surface area contributed by atoms with Crippen LogP contribution in [0.15, 0.2) is 0 Å². The molecule has 0 heterocycles. The molecule has 0 rings (SSSR count). The molecule has 18 heavy (non-hydrogen) atoms. The molecule has 0 amide bonds. The van der Waals surface area contributed by atoms with Gasteiger partial charge in [0.25, 0.3) is 0 Å². The van der Waals surface area contributed by atoms with Crippen LogP contribution in [0, 0.1) is 11.3 Å². The van der Waals surface area contributed by atoms with Crippen LogP contribution in [0.3, 0.4) is 0 Å². The van der Waals surface area contributed by atoms with Gasteiger partial charge in [0.1, 0.15) is 5.41 Å². The smallest absolute Gasteiger partial charge is 0.314 e. The fourth-order valence-corrected chi connectivity index (χ4v) is 0.942. The van der Waals surface area contributed by atoms with Crippen molar-refractivity contribution in [2.45, 2.75) is 26.7 Å². The van der Waals surface area contributed by atoms with Gasteiger partial charge in [0.15, 0.2) is 0 Å². The van der Waals surface area contributed by atoms with Crippen molar-refractivity contribution in [2.75, 3.05) is 19.8 Å². The van der Waals surface area contributed by atoms with E-state index in [1.165, 1.54) is 0 Å². The van der Waals surface area contributed by atoms with Gasteiger partial charge in [0.05, 0.1) is 25.7 Å². The summed E-state index contributed by atoms with van der Waals surface area (Å²) in [6.07, 6.45) is 0.723. The molecule has 7 nitrogen and oxygen atoms in total. The number of carbonyl (C=O) groups is 2. The van der Waals surface area contributed by atoms with Gasteiger partial charge < -0.3 is 25.5 Å². The van der Waals surface area contributed by atoms with Crippen LogP contribution < -0.4 is 0 Å². The molecule has 0 saturated heterocycles. The lowest BCUT2D eigenvalue weighted by atomic mass is 9.87. The summed E-state index contributed by atoms with van der Waals surface area (Å²) in [4.78, 5) is 20.4. The lowest BCUT2D eigenvalue weighted by Gasteiger charge is -2.21. The van der Waals surface area contributed by atoms with Gasteiger partial charge in [0.2, 0.25) is 0 Å².